The fraction of sp³-hybridized carbons (Fsp3) is 0.231. The van der Waals surface area contributed by atoms with Gasteiger partial charge in [0, 0.05) is 36.5 Å². The van der Waals surface area contributed by atoms with Crippen LogP contribution in [-0.4, -0.2) is 55.4 Å². The molecule has 5 N–H and O–H groups in total. The second-order valence-electron chi connectivity index (χ2n) is 8.12. The predicted octanol–water partition coefficient (Wildman–Crippen LogP) is 2.65. The molecular weight excluding hydrogens is 509 g/mol. The van der Waals surface area contributed by atoms with E-state index < -0.39 is 23.4 Å². The quantitative estimate of drug-likeness (QED) is 0.184. The SMILES string of the molecule is CC(=O)O.CCOc1cc(OC)cc(C(Cc2ccc(C(=N)N)cc2)c2nn(-c3ncccn3)c(=O)[nH]2)c1F. The van der Waals surface area contributed by atoms with Gasteiger partial charge in [0.15, 0.2) is 11.6 Å². The third-order valence-electron chi connectivity index (χ3n) is 5.36. The molecular formula is C26H28FN7O5. The van der Waals surface area contributed by atoms with E-state index in [1.54, 1.807) is 43.3 Å². The molecule has 4 aromatic rings. The topological polar surface area (TPSA) is 182 Å². The highest BCUT2D eigenvalue weighted by Gasteiger charge is 2.27. The molecule has 0 amide bonds. The number of nitrogens with zero attached hydrogens (tertiary/aromatic N) is 4. The van der Waals surface area contributed by atoms with Gasteiger partial charge in [-0.25, -0.2) is 19.2 Å². The van der Waals surface area contributed by atoms with Crippen molar-refractivity contribution in [3.05, 3.63) is 93.7 Å². The highest BCUT2D eigenvalue weighted by atomic mass is 19.1. The lowest BCUT2D eigenvalue weighted by Gasteiger charge is -2.19. The molecule has 204 valence electrons. The maximum absolute atomic E-state index is 15.6. The lowest BCUT2D eigenvalue weighted by molar-refractivity contribution is -0.134. The van der Waals surface area contributed by atoms with Gasteiger partial charge in [0.2, 0.25) is 0 Å². The van der Waals surface area contributed by atoms with Crippen molar-refractivity contribution < 1.29 is 23.8 Å². The molecule has 0 bridgehead atoms. The summed E-state index contributed by atoms with van der Waals surface area (Å²) in [6.07, 6.45) is 3.26. The number of rotatable bonds is 9. The summed E-state index contributed by atoms with van der Waals surface area (Å²) in [7, 11) is 1.48. The minimum absolute atomic E-state index is 0.0342. The van der Waals surface area contributed by atoms with E-state index in [0.29, 0.717) is 11.3 Å². The van der Waals surface area contributed by atoms with Crippen LogP contribution in [0.5, 0.6) is 11.5 Å². The number of carbonyl (C=O) groups is 1. The number of nitrogens with two attached hydrogens (primary N) is 1. The molecule has 1 atom stereocenters. The smallest absolute Gasteiger partial charge is 0.350 e. The number of carboxylic acids is 1. The van der Waals surface area contributed by atoms with Crippen LogP contribution < -0.4 is 20.9 Å². The zero-order chi connectivity index (χ0) is 28.5. The minimum atomic E-state index is -0.833. The Kier molecular flexibility index (Phi) is 9.46. The van der Waals surface area contributed by atoms with Crippen LogP contribution in [-0.2, 0) is 11.2 Å². The Bertz CT molecular complexity index is 1480. The van der Waals surface area contributed by atoms with Crippen molar-refractivity contribution >= 4 is 11.8 Å². The van der Waals surface area contributed by atoms with E-state index in [4.69, 9.17) is 30.5 Å². The van der Waals surface area contributed by atoms with Crippen molar-refractivity contribution in [2.75, 3.05) is 13.7 Å². The average Bonchev–Trinajstić information content (AvgIpc) is 3.30. The van der Waals surface area contributed by atoms with Gasteiger partial charge < -0.3 is 20.3 Å². The molecule has 0 aliphatic heterocycles. The lowest BCUT2D eigenvalue weighted by Crippen LogP contribution is -2.18. The lowest BCUT2D eigenvalue weighted by atomic mass is 9.90. The van der Waals surface area contributed by atoms with Crippen LogP contribution in [0, 0.1) is 11.2 Å². The normalized spacial score (nSPS) is 11.2. The van der Waals surface area contributed by atoms with Crippen molar-refractivity contribution in [2.45, 2.75) is 26.2 Å². The Labute approximate surface area is 222 Å². The molecule has 0 saturated heterocycles. The number of hydrogen-bond acceptors (Lipinski definition) is 8. The van der Waals surface area contributed by atoms with Gasteiger partial charge in [-0.15, -0.1) is 9.78 Å². The average molecular weight is 538 g/mol. The summed E-state index contributed by atoms with van der Waals surface area (Å²) < 4.78 is 27.5. The third kappa shape index (κ3) is 7.25. The second-order valence-corrected chi connectivity index (χ2v) is 8.12. The number of H-pyrrole nitrogens is 1. The monoisotopic (exact) mass is 537 g/mol. The molecule has 0 aliphatic rings. The van der Waals surface area contributed by atoms with E-state index in [-0.39, 0.29) is 41.9 Å². The Morgan fingerprint density at radius 2 is 1.87 bits per heavy atom. The maximum atomic E-state index is 15.6. The molecule has 13 heteroatoms. The van der Waals surface area contributed by atoms with Crippen molar-refractivity contribution in [1.82, 2.24) is 24.7 Å². The summed E-state index contributed by atoms with van der Waals surface area (Å²) in [4.78, 5) is 32.6. The number of hydrogen-bond donors (Lipinski definition) is 4. The first-order valence-electron chi connectivity index (χ1n) is 11.7. The molecule has 0 saturated carbocycles. The molecule has 0 spiro atoms. The number of aromatic nitrogens is 5. The molecule has 2 heterocycles. The number of aromatic amines is 1. The largest absolute Gasteiger partial charge is 0.497 e. The van der Waals surface area contributed by atoms with Crippen molar-refractivity contribution in [3.63, 3.8) is 0 Å². The standard InChI is InChI=1S/C24H24FN7O3.C2H4O2/c1-3-35-19-13-16(34-2)12-17(20(19)25)18(11-14-5-7-15(8-6-14)21(26)27)22-30-24(33)32(31-22)23-28-9-4-10-29-23;1-2(3)4/h4-10,12-13,18H,3,11H2,1-2H3,(H3,26,27)(H,30,31,33);1H3,(H,3,4). The Morgan fingerprint density at radius 3 is 2.44 bits per heavy atom. The molecule has 2 aromatic carbocycles. The van der Waals surface area contributed by atoms with Crippen LogP contribution in [0.1, 0.15) is 42.3 Å². The van der Waals surface area contributed by atoms with E-state index >= 15 is 4.39 Å². The summed E-state index contributed by atoms with van der Waals surface area (Å²) in [6.45, 7) is 3.10. The summed E-state index contributed by atoms with van der Waals surface area (Å²) in [5.74, 6) is -1.45. The predicted molar refractivity (Wildman–Crippen MR) is 140 cm³/mol. The Morgan fingerprint density at radius 1 is 1.23 bits per heavy atom. The molecule has 0 aliphatic carbocycles. The summed E-state index contributed by atoms with van der Waals surface area (Å²) >= 11 is 0. The summed E-state index contributed by atoms with van der Waals surface area (Å²) in [5.41, 5.74) is 6.61. The van der Waals surface area contributed by atoms with Crippen LogP contribution >= 0.6 is 0 Å². The van der Waals surface area contributed by atoms with Gasteiger partial charge in [-0.3, -0.25) is 15.2 Å². The fourth-order valence-electron chi connectivity index (χ4n) is 3.67. The molecule has 1 unspecified atom stereocenters. The zero-order valence-electron chi connectivity index (χ0n) is 21.5. The van der Waals surface area contributed by atoms with Gasteiger partial charge in [0.25, 0.3) is 11.9 Å². The van der Waals surface area contributed by atoms with E-state index in [1.165, 1.54) is 25.6 Å². The number of amidine groups is 1. The Balaban J connectivity index is 0.000000983. The van der Waals surface area contributed by atoms with Crippen LogP contribution in [0.15, 0.2) is 59.7 Å². The first kappa shape index (κ1) is 28.5. The van der Waals surface area contributed by atoms with Crippen molar-refractivity contribution in [1.29, 1.82) is 5.41 Å². The minimum Gasteiger partial charge on any atom is -0.497 e. The first-order valence-corrected chi connectivity index (χ1v) is 11.7. The van der Waals surface area contributed by atoms with E-state index in [9.17, 15) is 4.79 Å². The fourth-order valence-corrected chi connectivity index (χ4v) is 3.67. The molecule has 2 aromatic heterocycles. The Hall–Kier alpha value is -5.07. The summed E-state index contributed by atoms with van der Waals surface area (Å²) in [6, 6.07) is 11.7. The van der Waals surface area contributed by atoms with Gasteiger partial charge in [-0.1, -0.05) is 24.3 Å². The number of benzene rings is 2. The highest BCUT2D eigenvalue weighted by Crippen LogP contribution is 2.36. The number of methoxy groups -OCH3 is 1. The van der Waals surface area contributed by atoms with Gasteiger partial charge in [0.05, 0.1) is 19.6 Å². The van der Waals surface area contributed by atoms with Crippen LogP contribution in [0.2, 0.25) is 0 Å². The van der Waals surface area contributed by atoms with Gasteiger partial charge in [-0.05, 0) is 31.0 Å². The van der Waals surface area contributed by atoms with Crippen molar-refractivity contribution in [3.8, 4) is 17.4 Å². The van der Waals surface area contributed by atoms with Gasteiger partial charge in [-0.2, -0.15) is 0 Å². The summed E-state index contributed by atoms with van der Waals surface area (Å²) in [5, 5.41) is 19.4. The molecule has 12 nitrogen and oxygen atoms in total. The van der Waals surface area contributed by atoms with Crippen molar-refractivity contribution in [2.24, 2.45) is 5.73 Å². The number of ether oxygens (including phenoxy) is 2. The number of halogens is 1. The molecule has 0 fully saturated rings. The number of carboxylic acid groups (broad SMARTS) is 1. The second kappa shape index (κ2) is 12.9. The number of aliphatic carboxylic acids is 1. The third-order valence-corrected chi connectivity index (χ3v) is 5.36. The van der Waals surface area contributed by atoms with E-state index in [0.717, 1.165) is 17.2 Å². The number of nitrogen functional groups attached to an aromatic ring is 1. The first-order chi connectivity index (χ1) is 18.6. The van der Waals surface area contributed by atoms with E-state index in [2.05, 4.69) is 20.1 Å². The highest BCUT2D eigenvalue weighted by molar-refractivity contribution is 5.94. The molecule has 0 radical (unpaired) electrons. The molecule has 4 rings (SSSR count). The van der Waals surface area contributed by atoms with Gasteiger partial charge >= 0.3 is 5.69 Å². The van der Waals surface area contributed by atoms with Crippen LogP contribution in [0.25, 0.3) is 5.95 Å². The zero-order valence-corrected chi connectivity index (χ0v) is 21.5. The number of nitrogens with one attached hydrogen (secondary N) is 2. The molecule has 39 heavy (non-hydrogen) atoms. The van der Waals surface area contributed by atoms with Gasteiger partial charge in [0.1, 0.15) is 17.4 Å². The van der Waals surface area contributed by atoms with E-state index in [1.807, 2.05) is 0 Å². The maximum Gasteiger partial charge on any atom is 0.350 e. The van der Waals surface area contributed by atoms with Crippen LogP contribution in [0.4, 0.5) is 4.39 Å². The van der Waals surface area contributed by atoms with Crippen LogP contribution in [0.3, 0.4) is 0 Å².